The van der Waals surface area contributed by atoms with Crippen molar-refractivity contribution in [3.63, 3.8) is 0 Å². The maximum atomic E-state index is 11.5. The summed E-state index contributed by atoms with van der Waals surface area (Å²) in [5.41, 5.74) is 4.17. The zero-order chi connectivity index (χ0) is 27.1. The van der Waals surface area contributed by atoms with E-state index in [9.17, 15) is 9.59 Å². The number of carbonyl (C=O) groups excluding carboxylic acids is 2. The topological polar surface area (TPSA) is 158 Å². The fourth-order valence-corrected chi connectivity index (χ4v) is 3.30. The quantitative estimate of drug-likeness (QED) is 0.213. The Morgan fingerprint density at radius 3 is 1.62 bits per heavy atom. The first-order chi connectivity index (χ1) is 17.5. The predicted octanol–water partition coefficient (Wildman–Crippen LogP) is -0.0595. The Balaban J connectivity index is 0.000000206. The molecule has 10 nitrogen and oxygen atoms in total. The number of ether oxygens (including phenoxy) is 2. The van der Waals surface area contributed by atoms with Gasteiger partial charge in [-0.25, -0.2) is 9.59 Å². The van der Waals surface area contributed by atoms with Crippen LogP contribution in [0.25, 0.3) is 0 Å². The van der Waals surface area contributed by atoms with Gasteiger partial charge < -0.3 is 40.2 Å². The van der Waals surface area contributed by atoms with Gasteiger partial charge in [0, 0.05) is 30.0 Å². The van der Waals surface area contributed by atoms with Gasteiger partial charge in [-0.15, -0.1) is 0 Å². The van der Waals surface area contributed by atoms with Gasteiger partial charge >= 0.3 is 26.2 Å². The van der Waals surface area contributed by atoms with Gasteiger partial charge in [0.25, 0.3) is 0 Å². The summed E-state index contributed by atoms with van der Waals surface area (Å²) in [6, 6.07) is 13.2. The van der Waals surface area contributed by atoms with Crippen molar-refractivity contribution in [1.29, 1.82) is 0 Å². The molecule has 0 saturated carbocycles. The fraction of sp³-hybridized carbons (Fsp3) is 0.120. The van der Waals surface area contributed by atoms with Crippen LogP contribution in [0.2, 0.25) is 0 Å². The van der Waals surface area contributed by atoms with Crippen molar-refractivity contribution in [2.45, 2.75) is 6.92 Å². The van der Waals surface area contributed by atoms with Gasteiger partial charge in [0.15, 0.2) is 0 Å². The summed E-state index contributed by atoms with van der Waals surface area (Å²) in [5.74, 6) is -0.0385. The van der Waals surface area contributed by atoms with Gasteiger partial charge in [-0.2, -0.15) is 0 Å². The third-order valence-electron chi connectivity index (χ3n) is 5.52. The number of allylic oxidation sites excluding steroid dienone is 2. The molecule has 0 bridgehead atoms. The maximum Gasteiger partial charge on any atom is 0.488 e. The Labute approximate surface area is 214 Å². The molecule has 0 spiro atoms. The van der Waals surface area contributed by atoms with Crippen LogP contribution in [0.15, 0.2) is 96.0 Å². The molecular weight excluding hydrogens is 478 g/mol. The number of hydrogen-bond acceptors (Lipinski definition) is 10. The first-order valence-electron chi connectivity index (χ1n) is 11.2. The molecule has 0 radical (unpaired) electrons. The van der Waals surface area contributed by atoms with Gasteiger partial charge in [0.1, 0.15) is 11.5 Å². The second-order valence-corrected chi connectivity index (χ2v) is 8.14. The second kappa shape index (κ2) is 12.2. The van der Waals surface area contributed by atoms with Crippen LogP contribution in [0, 0.1) is 0 Å². The van der Waals surface area contributed by atoms with Crippen LogP contribution in [-0.2, 0) is 19.1 Å². The van der Waals surface area contributed by atoms with Gasteiger partial charge in [-0.1, -0.05) is 37.4 Å². The predicted molar refractivity (Wildman–Crippen MR) is 141 cm³/mol. The molecule has 190 valence electrons. The normalized spacial score (nSPS) is 14.5. The molecule has 2 aliphatic rings. The Morgan fingerprint density at radius 2 is 1.24 bits per heavy atom. The number of nitrogens with one attached hydrogen (secondary N) is 2. The van der Waals surface area contributed by atoms with E-state index in [-0.39, 0.29) is 5.97 Å². The summed E-state index contributed by atoms with van der Waals surface area (Å²) in [4.78, 5) is 22.8. The van der Waals surface area contributed by atoms with Crippen molar-refractivity contribution in [1.82, 2.24) is 0 Å². The molecule has 0 fully saturated rings. The number of cyclic esters (lactones) is 2. The smallest absolute Gasteiger partial charge is 0.424 e. The summed E-state index contributed by atoms with van der Waals surface area (Å²) < 4.78 is 9.69. The SMILES string of the molecule is C=C1C=C(CNc2ccc(B(O)O)cc2)C(=O)O1.C=C1OC(=O)C(CNc2ccc(B(O)O)cc2)=C1C. The van der Waals surface area contributed by atoms with E-state index in [1.54, 1.807) is 61.5 Å². The van der Waals surface area contributed by atoms with E-state index >= 15 is 0 Å². The summed E-state index contributed by atoms with van der Waals surface area (Å²) in [6.07, 6.45) is 1.58. The van der Waals surface area contributed by atoms with Crippen LogP contribution in [-0.4, -0.2) is 59.4 Å². The monoisotopic (exact) mass is 504 g/mol. The van der Waals surface area contributed by atoms with Crippen molar-refractivity contribution in [2.75, 3.05) is 23.7 Å². The van der Waals surface area contributed by atoms with E-state index in [4.69, 9.17) is 29.6 Å². The van der Waals surface area contributed by atoms with Crippen LogP contribution < -0.4 is 21.6 Å². The highest BCUT2D eigenvalue weighted by atomic mass is 16.5. The molecule has 0 saturated heterocycles. The van der Waals surface area contributed by atoms with Crippen molar-refractivity contribution in [3.8, 4) is 0 Å². The van der Waals surface area contributed by atoms with Crippen LogP contribution >= 0.6 is 0 Å². The first-order valence-corrected chi connectivity index (χ1v) is 11.2. The van der Waals surface area contributed by atoms with E-state index < -0.39 is 20.2 Å². The lowest BCUT2D eigenvalue weighted by Crippen LogP contribution is -2.29. The molecule has 0 unspecified atom stereocenters. The van der Waals surface area contributed by atoms with Crippen LogP contribution in [0.1, 0.15) is 6.92 Å². The van der Waals surface area contributed by atoms with Crippen LogP contribution in [0.5, 0.6) is 0 Å². The minimum atomic E-state index is -1.48. The van der Waals surface area contributed by atoms with Crippen molar-refractivity contribution in [2.24, 2.45) is 0 Å². The average molecular weight is 504 g/mol. The van der Waals surface area contributed by atoms with Gasteiger partial charge in [-0.05, 0) is 48.2 Å². The lowest BCUT2D eigenvalue weighted by Gasteiger charge is -2.07. The molecule has 0 atom stereocenters. The Kier molecular flexibility index (Phi) is 9.10. The lowest BCUT2D eigenvalue weighted by atomic mass is 9.80. The zero-order valence-electron chi connectivity index (χ0n) is 20.1. The van der Waals surface area contributed by atoms with Crippen LogP contribution in [0.3, 0.4) is 0 Å². The number of rotatable bonds is 8. The molecule has 2 aliphatic heterocycles. The molecule has 0 aromatic heterocycles. The Morgan fingerprint density at radius 1 is 0.757 bits per heavy atom. The van der Waals surface area contributed by atoms with Crippen molar-refractivity contribution >= 4 is 48.5 Å². The van der Waals surface area contributed by atoms with E-state index in [0.717, 1.165) is 16.9 Å². The summed E-state index contributed by atoms with van der Waals surface area (Å²) in [7, 11) is -2.96. The minimum absolute atomic E-state index is 0.332. The molecular formula is C25H26B2N2O8. The lowest BCUT2D eigenvalue weighted by molar-refractivity contribution is -0.134. The Hall–Kier alpha value is -4.09. The van der Waals surface area contributed by atoms with E-state index in [1.807, 2.05) is 0 Å². The number of carbonyl (C=O) groups is 2. The zero-order valence-corrected chi connectivity index (χ0v) is 20.1. The third-order valence-corrected chi connectivity index (χ3v) is 5.52. The largest absolute Gasteiger partial charge is 0.488 e. The molecule has 4 rings (SSSR count). The molecule has 6 N–H and O–H groups in total. The maximum absolute atomic E-state index is 11.5. The van der Waals surface area contributed by atoms with E-state index in [2.05, 4.69) is 23.8 Å². The first kappa shape index (κ1) is 27.5. The number of hydrogen-bond donors (Lipinski definition) is 6. The summed E-state index contributed by atoms with van der Waals surface area (Å²) >= 11 is 0. The fourth-order valence-electron chi connectivity index (χ4n) is 3.30. The molecule has 2 heterocycles. The molecule has 0 aliphatic carbocycles. The van der Waals surface area contributed by atoms with Gasteiger partial charge in [0.05, 0.1) is 11.1 Å². The highest BCUT2D eigenvalue weighted by Gasteiger charge is 2.25. The Bertz CT molecular complexity index is 1250. The summed E-state index contributed by atoms with van der Waals surface area (Å²) in [6.45, 7) is 9.63. The third kappa shape index (κ3) is 7.45. The molecule has 0 amide bonds. The number of anilines is 2. The molecule has 12 heteroatoms. The van der Waals surface area contributed by atoms with Gasteiger partial charge in [-0.3, -0.25) is 0 Å². The second-order valence-electron chi connectivity index (χ2n) is 8.14. The average Bonchev–Trinajstić information content (AvgIpc) is 3.32. The minimum Gasteiger partial charge on any atom is -0.424 e. The van der Waals surface area contributed by atoms with E-state index in [1.165, 1.54) is 0 Å². The molecule has 2 aromatic carbocycles. The standard InChI is InChI=1S/C13H14BNO4.C12H12BNO4/c1-8-9(2)19-13(16)12(8)7-15-11-5-3-10(4-6-11)14(17)18;1-8-6-9(12(15)18-8)7-14-11-4-2-10(3-5-11)13(16)17/h3-6,15,17-18H,2,7H2,1H3;2-6,14,16-17H,1,7H2. The van der Waals surface area contributed by atoms with Crippen LogP contribution in [0.4, 0.5) is 11.4 Å². The molecule has 2 aromatic rings. The van der Waals surface area contributed by atoms with Crippen molar-refractivity contribution in [3.05, 3.63) is 96.0 Å². The van der Waals surface area contributed by atoms with E-state index in [0.29, 0.717) is 46.7 Å². The highest BCUT2D eigenvalue weighted by molar-refractivity contribution is 6.58. The summed E-state index contributed by atoms with van der Waals surface area (Å²) in [5, 5.41) is 41.9. The van der Waals surface area contributed by atoms with Crippen molar-refractivity contribution < 1.29 is 39.2 Å². The highest BCUT2D eigenvalue weighted by Crippen LogP contribution is 2.24. The van der Waals surface area contributed by atoms with Gasteiger partial charge in [0.2, 0.25) is 0 Å². The molecule has 37 heavy (non-hydrogen) atoms. The number of esters is 2. The number of benzene rings is 2.